The van der Waals surface area contributed by atoms with Gasteiger partial charge in [-0.25, -0.2) is 10.0 Å². The number of nitrogens with zero attached hydrogens (tertiary/aromatic N) is 2. The fraction of sp³-hybridized carbons (Fsp3) is 0.300. The molecule has 2 aliphatic rings. The normalized spacial score (nSPS) is 19.9. The monoisotopic (exact) mass is 446 g/mol. The number of ether oxygens (including phenoxy) is 4. The standard InChI is InChI=1S/C20H22N4O4S2/c1-25-13-7-5-11(9-15(13)27-3)17-21-19(29)24-18(22-20(30)23(17)24)12-6-8-14(26-2)16(10-12)28-4/h5-10,17-18H,1-4H3,(H,21,29)(H,22,30)/t17-,18-/m1/s1. The Morgan fingerprint density at radius 1 is 0.633 bits per heavy atom. The summed E-state index contributed by atoms with van der Waals surface area (Å²) in [6.07, 6.45) is -0.551. The lowest BCUT2D eigenvalue weighted by molar-refractivity contribution is 0.113. The van der Waals surface area contributed by atoms with Crippen LogP contribution >= 0.6 is 24.4 Å². The number of hydrogen-bond donors (Lipinski definition) is 2. The molecule has 0 amide bonds. The molecule has 2 N–H and O–H groups in total. The average Bonchev–Trinajstić information content (AvgIpc) is 3.30. The van der Waals surface area contributed by atoms with E-state index in [1.54, 1.807) is 28.4 Å². The molecule has 2 saturated heterocycles. The van der Waals surface area contributed by atoms with Gasteiger partial charge in [0.15, 0.2) is 33.2 Å². The van der Waals surface area contributed by atoms with Crippen LogP contribution in [-0.4, -0.2) is 48.7 Å². The molecule has 0 aliphatic carbocycles. The van der Waals surface area contributed by atoms with E-state index in [2.05, 4.69) is 10.6 Å². The highest BCUT2D eigenvalue weighted by atomic mass is 32.1. The molecule has 8 nitrogen and oxygen atoms in total. The van der Waals surface area contributed by atoms with Gasteiger partial charge in [0.1, 0.15) is 12.3 Å². The third-order valence-electron chi connectivity index (χ3n) is 5.10. The van der Waals surface area contributed by atoms with Gasteiger partial charge in [-0.15, -0.1) is 0 Å². The van der Waals surface area contributed by atoms with E-state index in [9.17, 15) is 0 Å². The van der Waals surface area contributed by atoms with Crippen molar-refractivity contribution in [3.63, 3.8) is 0 Å². The second-order valence-electron chi connectivity index (χ2n) is 6.62. The quantitative estimate of drug-likeness (QED) is 0.648. The van der Waals surface area contributed by atoms with Crippen LogP contribution in [0.1, 0.15) is 23.5 Å². The van der Waals surface area contributed by atoms with Gasteiger partial charge in [-0.1, -0.05) is 12.1 Å². The average molecular weight is 447 g/mol. The molecule has 2 heterocycles. The molecule has 30 heavy (non-hydrogen) atoms. The fourth-order valence-electron chi connectivity index (χ4n) is 3.66. The number of hydrogen-bond acceptors (Lipinski definition) is 6. The lowest BCUT2D eigenvalue weighted by Crippen LogP contribution is -2.36. The summed E-state index contributed by atoms with van der Waals surface area (Å²) in [6.45, 7) is 0. The first-order valence-corrected chi connectivity index (χ1v) is 9.97. The highest BCUT2D eigenvalue weighted by molar-refractivity contribution is 7.80. The van der Waals surface area contributed by atoms with E-state index in [-0.39, 0.29) is 12.3 Å². The predicted octanol–water partition coefficient (Wildman–Crippen LogP) is 2.71. The van der Waals surface area contributed by atoms with E-state index in [0.717, 1.165) is 11.1 Å². The van der Waals surface area contributed by atoms with Gasteiger partial charge in [-0.05, 0) is 48.7 Å². The van der Waals surface area contributed by atoms with Crippen LogP contribution in [0.5, 0.6) is 23.0 Å². The summed E-state index contributed by atoms with van der Waals surface area (Å²) in [4.78, 5) is 0. The van der Waals surface area contributed by atoms with Crippen molar-refractivity contribution in [1.82, 2.24) is 20.7 Å². The first kappa shape index (κ1) is 20.3. The zero-order valence-corrected chi connectivity index (χ0v) is 18.6. The van der Waals surface area contributed by atoms with Gasteiger partial charge in [-0.2, -0.15) is 0 Å². The van der Waals surface area contributed by atoms with Crippen LogP contribution in [-0.2, 0) is 0 Å². The number of thiocarbonyl (C=S) groups is 2. The van der Waals surface area contributed by atoms with Crippen molar-refractivity contribution in [2.75, 3.05) is 28.4 Å². The Hall–Kier alpha value is -2.98. The number of fused-ring (bicyclic) bond motifs is 1. The third kappa shape index (κ3) is 3.21. The molecule has 158 valence electrons. The zero-order valence-electron chi connectivity index (χ0n) is 17.0. The third-order valence-corrected chi connectivity index (χ3v) is 5.71. The van der Waals surface area contributed by atoms with Gasteiger partial charge in [0.2, 0.25) is 0 Å². The van der Waals surface area contributed by atoms with Gasteiger partial charge in [-0.3, -0.25) is 0 Å². The number of nitrogens with one attached hydrogen (secondary N) is 2. The van der Waals surface area contributed by atoms with E-state index in [1.807, 2.05) is 46.4 Å². The minimum Gasteiger partial charge on any atom is -0.493 e. The molecular formula is C20H22N4O4S2. The molecule has 2 atom stereocenters. The number of methoxy groups -OCH3 is 4. The predicted molar refractivity (Wildman–Crippen MR) is 120 cm³/mol. The van der Waals surface area contributed by atoms with Crippen molar-refractivity contribution in [2.24, 2.45) is 0 Å². The van der Waals surface area contributed by atoms with Gasteiger partial charge >= 0.3 is 0 Å². The lowest BCUT2D eigenvalue weighted by atomic mass is 10.1. The fourth-order valence-corrected chi connectivity index (χ4v) is 4.27. The van der Waals surface area contributed by atoms with Gasteiger partial charge in [0.25, 0.3) is 0 Å². The zero-order chi connectivity index (χ0) is 21.4. The van der Waals surface area contributed by atoms with Crippen LogP contribution in [0, 0.1) is 0 Å². The molecular weight excluding hydrogens is 424 g/mol. The molecule has 0 radical (unpaired) electrons. The van der Waals surface area contributed by atoms with Crippen LogP contribution in [0.3, 0.4) is 0 Å². The van der Waals surface area contributed by atoms with Crippen LogP contribution in [0.15, 0.2) is 36.4 Å². The Morgan fingerprint density at radius 3 is 1.33 bits per heavy atom. The SMILES string of the molecule is COc1ccc([C@@H]2NC(=S)N3[C@H](c4ccc(OC)c(OC)c4)NC(=S)N23)cc1OC. The van der Waals surface area contributed by atoms with Gasteiger partial charge in [0.05, 0.1) is 28.4 Å². The number of hydrazine groups is 1. The van der Waals surface area contributed by atoms with Gasteiger partial charge in [0, 0.05) is 11.1 Å². The molecule has 10 heteroatoms. The maximum Gasteiger partial charge on any atom is 0.192 e. The van der Waals surface area contributed by atoms with E-state index in [0.29, 0.717) is 33.2 Å². The van der Waals surface area contributed by atoms with Gasteiger partial charge < -0.3 is 29.6 Å². The Kier molecular flexibility index (Phi) is 5.44. The molecule has 0 unspecified atom stereocenters. The number of rotatable bonds is 6. The van der Waals surface area contributed by atoms with E-state index in [4.69, 9.17) is 43.4 Å². The molecule has 2 aliphatic heterocycles. The highest BCUT2D eigenvalue weighted by Crippen LogP contribution is 2.40. The molecule has 2 fully saturated rings. The van der Waals surface area contributed by atoms with E-state index in [1.165, 1.54) is 0 Å². The van der Waals surface area contributed by atoms with E-state index >= 15 is 0 Å². The smallest absolute Gasteiger partial charge is 0.192 e. The molecule has 0 spiro atoms. The Labute approximate surface area is 185 Å². The van der Waals surface area contributed by atoms with Crippen LogP contribution < -0.4 is 29.6 Å². The van der Waals surface area contributed by atoms with E-state index < -0.39 is 0 Å². The summed E-state index contributed by atoms with van der Waals surface area (Å²) < 4.78 is 21.6. The van der Waals surface area contributed by atoms with Crippen molar-refractivity contribution in [2.45, 2.75) is 12.3 Å². The van der Waals surface area contributed by atoms with Crippen molar-refractivity contribution in [3.8, 4) is 23.0 Å². The Bertz CT molecular complexity index is 923. The molecule has 0 bridgehead atoms. The van der Waals surface area contributed by atoms with Crippen LogP contribution in [0.25, 0.3) is 0 Å². The second kappa shape index (κ2) is 8.04. The summed E-state index contributed by atoms with van der Waals surface area (Å²) >= 11 is 11.3. The Balaban J connectivity index is 1.68. The summed E-state index contributed by atoms with van der Waals surface area (Å²) in [6, 6.07) is 11.5. The second-order valence-corrected chi connectivity index (χ2v) is 7.40. The minimum atomic E-state index is -0.276. The maximum atomic E-state index is 5.65. The molecule has 0 saturated carbocycles. The van der Waals surface area contributed by atoms with Crippen LogP contribution in [0.2, 0.25) is 0 Å². The summed E-state index contributed by atoms with van der Waals surface area (Å²) in [5.41, 5.74) is 1.88. The molecule has 2 aromatic carbocycles. The lowest BCUT2D eigenvalue weighted by Gasteiger charge is -2.27. The topological polar surface area (TPSA) is 67.5 Å². The minimum absolute atomic E-state index is 0.276. The summed E-state index contributed by atoms with van der Waals surface area (Å²) in [5, 5.41) is 11.7. The molecule has 4 rings (SSSR count). The molecule has 0 aromatic heterocycles. The number of benzene rings is 2. The van der Waals surface area contributed by atoms with Crippen molar-refractivity contribution in [1.29, 1.82) is 0 Å². The van der Waals surface area contributed by atoms with Crippen molar-refractivity contribution >= 4 is 34.7 Å². The summed E-state index contributed by atoms with van der Waals surface area (Å²) in [5.74, 6) is 2.58. The van der Waals surface area contributed by atoms with Crippen molar-refractivity contribution < 1.29 is 18.9 Å². The van der Waals surface area contributed by atoms with Crippen molar-refractivity contribution in [3.05, 3.63) is 47.5 Å². The maximum absolute atomic E-state index is 5.65. The largest absolute Gasteiger partial charge is 0.493 e. The van der Waals surface area contributed by atoms with Crippen LogP contribution in [0.4, 0.5) is 0 Å². The first-order valence-electron chi connectivity index (χ1n) is 9.15. The first-order chi connectivity index (χ1) is 14.5. The summed E-state index contributed by atoms with van der Waals surface area (Å²) in [7, 11) is 6.43. The molecule has 2 aromatic rings. The Morgan fingerprint density at radius 2 is 1.00 bits per heavy atom. The highest BCUT2D eigenvalue weighted by Gasteiger charge is 2.47.